The van der Waals surface area contributed by atoms with Gasteiger partial charge in [0.1, 0.15) is 0 Å². The molecule has 1 unspecified atom stereocenters. The molecular weight excluding hydrogens is 334 g/mol. The Kier molecular flexibility index (Phi) is 5.32. The monoisotopic (exact) mass is 353 g/mol. The Morgan fingerprint density at radius 3 is 2.70 bits per heavy atom. The van der Waals surface area contributed by atoms with Gasteiger partial charge in [0, 0.05) is 28.5 Å². The van der Waals surface area contributed by atoms with E-state index in [0.717, 1.165) is 16.7 Å². The molecule has 1 heterocycles. The lowest BCUT2D eigenvalue weighted by Gasteiger charge is -2.27. The van der Waals surface area contributed by atoms with Crippen molar-refractivity contribution in [1.82, 2.24) is 9.88 Å². The molecule has 5 heteroatoms. The van der Waals surface area contributed by atoms with Crippen molar-refractivity contribution in [1.29, 1.82) is 0 Å². The fourth-order valence-electron chi connectivity index (χ4n) is 2.20. The number of rotatable bonds is 5. The van der Waals surface area contributed by atoms with E-state index >= 15 is 0 Å². The number of halogens is 1. The van der Waals surface area contributed by atoms with E-state index in [1.807, 2.05) is 5.51 Å². The first-order valence-corrected chi connectivity index (χ1v) is 8.25. The topological polar surface area (TPSA) is 42.1 Å². The van der Waals surface area contributed by atoms with Gasteiger partial charge in [-0.1, -0.05) is 28.1 Å². The Morgan fingerprint density at radius 1 is 1.40 bits per heavy atom. The van der Waals surface area contributed by atoms with Gasteiger partial charge >= 0.3 is 0 Å². The molecule has 0 bridgehead atoms. The van der Waals surface area contributed by atoms with Crippen molar-refractivity contribution in [3.63, 3.8) is 0 Å². The zero-order chi connectivity index (χ0) is 14.7. The maximum atomic E-state index is 5.99. The van der Waals surface area contributed by atoms with Gasteiger partial charge in [0.25, 0.3) is 0 Å². The Hall–Kier alpha value is -0.750. The highest BCUT2D eigenvalue weighted by molar-refractivity contribution is 9.10. The molecule has 0 spiro atoms. The Morgan fingerprint density at radius 2 is 2.15 bits per heavy atom. The molecule has 2 aromatic rings. The molecule has 1 aromatic carbocycles. The van der Waals surface area contributed by atoms with Gasteiger partial charge in [-0.3, -0.25) is 4.90 Å². The van der Waals surface area contributed by atoms with Crippen LogP contribution in [0.2, 0.25) is 0 Å². The highest BCUT2D eigenvalue weighted by Crippen LogP contribution is 2.26. The molecule has 0 saturated carbocycles. The largest absolute Gasteiger partial charge is 0.329 e. The van der Waals surface area contributed by atoms with E-state index in [4.69, 9.17) is 5.73 Å². The number of benzene rings is 1. The summed E-state index contributed by atoms with van der Waals surface area (Å²) < 4.78 is 1.14. The molecule has 0 aliphatic heterocycles. The van der Waals surface area contributed by atoms with E-state index < -0.39 is 0 Å². The molecule has 108 valence electrons. The molecular formula is C15H20BrN3S. The van der Waals surface area contributed by atoms with Gasteiger partial charge in [0.2, 0.25) is 0 Å². The zero-order valence-corrected chi connectivity index (χ0v) is 14.5. The fourth-order valence-corrected chi connectivity index (χ4v) is 3.44. The minimum absolute atomic E-state index is 0.216. The standard InChI is InChI=1S/C15H20BrN3S/c1-10-4-5-12(6-13(10)16)14(7-17)19(3)8-15-11(2)18-9-20-15/h4-6,9,14H,7-8,17H2,1-3H3. The van der Waals surface area contributed by atoms with E-state index in [9.17, 15) is 0 Å². The number of nitrogens with two attached hydrogens (primary N) is 1. The van der Waals surface area contributed by atoms with Crippen molar-refractivity contribution in [2.75, 3.05) is 13.6 Å². The van der Waals surface area contributed by atoms with Crippen LogP contribution in [-0.4, -0.2) is 23.5 Å². The predicted molar refractivity (Wildman–Crippen MR) is 89.0 cm³/mol. The molecule has 1 atom stereocenters. The molecule has 0 amide bonds. The summed E-state index contributed by atoms with van der Waals surface area (Å²) in [4.78, 5) is 7.90. The first-order valence-electron chi connectivity index (χ1n) is 6.58. The third kappa shape index (κ3) is 3.47. The van der Waals surface area contributed by atoms with Crippen LogP contribution in [0, 0.1) is 13.8 Å². The third-order valence-electron chi connectivity index (χ3n) is 3.57. The van der Waals surface area contributed by atoms with E-state index in [1.54, 1.807) is 11.3 Å². The molecule has 0 aliphatic carbocycles. The molecule has 20 heavy (non-hydrogen) atoms. The smallest absolute Gasteiger partial charge is 0.0798 e. The average molecular weight is 354 g/mol. The highest BCUT2D eigenvalue weighted by atomic mass is 79.9. The van der Waals surface area contributed by atoms with Crippen molar-refractivity contribution >= 4 is 27.3 Å². The van der Waals surface area contributed by atoms with Crippen molar-refractivity contribution in [3.8, 4) is 0 Å². The fraction of sp³-hybridized carbons (Fsp3) is 0.400. The second-order valence-electron chi connectivity index (χ2n) is 5.04. The summed E-state index contributed by atoms with van der Waals surface area (Å²) in [5.41, 5.74) is 11.5. The number of hydrogen-bond donors (Lipinski definition) is 1. The van der Waals surface area contributed by atoms with Crippen LogP contribution >= 0.6 is 27.3 Å². The van der Waals surface area contributed by atoms with E-state index in [2.05, 4.69) is 64.9 Å². The number of likely N-dealkylation sites (N-methyl/N-ethyl adjacent to an activating group) is 1. The van der Waals surface area contributed by atoms with Gasteiger partial charge in [0.15, 0.2) is 0 Å². The number of thiazole rings is 1. The summed E-state index contributed by atoms with van der Waals surface area (Å²) in [7, 11) is 2.12. The van der Waals surface area contributed by atoms with Crippen LogP contribution in [0.3, 0.4) is 0 Å². The second-order valence-corrected chi connectivity index (χ2v) is 6.83. The molecule has 2 rings (SSSR count). The quantitative estimate of drug-likeness (QED) is 0.891. The highest BCUT2D eigenvalue weighted by Gasteiger charge is 2.17. The second kappa shape index (κ2) is 6.80. The first-order chi connectivity index (χ1) is 9.52. The zero-order valence-electron chi connectivity index (χ0n) is 12.1. The van der Waals surface area contributed by atoms with Crippen LogP contribution in [-0.2, 0) is 6.54 Å². The Bertz CT molecular complexity index is 582. The maximum Gasteiger partial charge on any atom is 0.0798 e. The summed E-state index contributed by atoms with van der Waals surface area (Å²) in [5.74, 6) is 0. The van der Waals surface area contributed by atoms with E-state index in [-0.39, 0.29) is 6.04 Å². The molecule has 0 radical (unpaired) electrons. The SMILES string of the molecule is Cc1ccc(C(CN)N(C)Cc2scnc2C)cc1Br. The minimum atomic E-state index is 0.216. The minimum Gasteiger partial charge on any atom is -0.329 e. The van der Waals surface area contributed by atoms with Crippen LogP contribution in [0.1, 0.15) is 27.7 Å². The van der Waals surface area contributed by atoms with Crippen LogP contribution in [0.25, 0.3) is 0 Å². The molecule has 0 fully saturated rings. The van der Waals surface area contributed by atoms with Gasteiger partial charge < -0.3 is 5.73 Å². The van der Waals surface area contributed by atoms with Gasteiger partial charge in [-0.25, -0.2) is 4.98 Å². The average Bonchev–Trinajstić information content (AvgIpc) is 2.80. The first kappa shape index (κ1) is 15.6. The number of aryl methyl sites for hydroxylation is 2. The maximum absolute atomic E-state index is 5.99. The Labute approximate surface area is 133 Å². The third-order valence-corrected chi connectivity index (χ3v) is 5.35. The lowest BCUT2D eigenvalue weighted by atomic mass is 10.0. The van der Waals surface area contributed by atoms with Gasteiger partial charge in [-0.05, 0) is 38.1 Å². The van der Waals surface area contributed by atoms with Crippen LogP contribution in [0.4, 0.5) is 0 Å². The summed E-state index contributed by atoms with van der Waals surface area (Å²) in [5, 5.41) is 0. The van der Waals surface area contributed by atoms with Gasteiger partial charge in [0.05, 0.1) is 11.2 Å². The molecule has 3 nitrogen and oxygen atoms in total. The normalized spacial score (nSPS) is 12.9. The summed E-state index contributed by atoms with van der Waals surface area (Å²) >= 11 is 5.30. The summed E-state index contributed by atoms with van der Waals surface area (Å²) in [6.45, 7) is 5.63. The van der Waals surface area contributed by atoms with Crippen molar-refractivity contribution in [3.05, 3.63) is 49.9 Å². The van der Waals surface area contributed by atoms with E-state index in [0.29, 0.717) is 6.54 Å². The van der Waals surface area contributed by atoms with Crippen molar-refractivity contribution < 1.29 is 0 Å². The van der Waals surface area contributed by atoms with Gasteiger partial charge in [-0.15, -0.1) is 11.3 Å². The molecule has 1 aromatic heterocycles. The Balaban J connectivity index is 2.18. The molecule has 0 saturated heterocycles. The predicted octanol–water partition coefficient (Wildman–Crippen LogP) is 3.65. The number of hydrogen-bond acceptors (Lipinski definition) is 4. The lowest BCUT2D eigenvalue weighted by Crippen LogP contribution is -2.30. The number of nitrogens with zero attached hydrogens (tertiary/aromatic N) is 2. The number of aromatic nitrogens is 1. The molecule has 2 N–H and O–H groups in total. The van der Waals surface area contributed by atoms with Crippen LogP contribution in [0.15, 0.2) is 28.2 Å². The van der Waals surface area contributed by atoms with E-state index in [1.165, 1.54) is 16.0 Å². The van der Waals surface area contributed by atoms with Crippen LogP contribution in [0.5, 0.6) is 0 Å². The van der Waals surface area contributed by atoms with Crippen molar-refractivity contribution in [2.45, 2.75) is 26.4 Å². The van der Waals surface area contributed by atoms with Crippen molar-refractivity contribution in [2.24, 2.45) is 5.73 Å². The molecule has 0 aliphatic rings. The van der Waals surface area contributed by atoms with Gasteiger partial charge in [-0.2, -0.15) is 0 Å². The van der Waals surface area contributed by atoms with Crippen LogP contribution < -0.4 is 5.73 Å². The summed E-state index contributed by atoms with van der Waals surface area (Å²) in [6.07, 6.45) is 0. The lowest BCUT2D eigenvalue weighted by molar-refractivity contribution is 0.243. The summed E-state index contributed by atoms with van der Waals surface area (Å²) in [6, 6.07) is 6.68.